The van der Waals surface area contributed by atoms with Gasteiger partial charge in [-0.2, -0.15) is 0 Å². The SMILES string of the molecule is CN(Cc1ccccc1N1CCOCC1)C(=O)c1ccc([N+](=O)[O-])cc1Cl. The number of ether oxygens (including phenoxy) is 1. The van der Waals surface area contributed by atoms with Gasteiger partial charge in [0.15, 0.2) is 0 Å². The Kier molecular flexibility index (Phi) is 5.93. The summed E-state index contributed by atoms with van der Waals surface area (Å²) in [5, 5.41) is 10.9. The van der Waals surface area contributed by atoms with Gasteiger partial charge >= 0.3 is 0 Å². The maximum absolute atomic E-state index is 12.8. The molecule has 1 heterocycles. The average molecular weight is 390 g/mol. The van der Waals surface area contributed by atoms with Gasteiger partial charge in [0.1, 0.15) is 0 Å². The molecule has 1 aliphatic rings. The number of hydrogen-bond acceptors (Lipinski definition) is 5. The second-order valence-corrected chi connectivity index (χ2v) is 6.72. The van der Waals surface area contributed by atoms with Crippen LogP contribution in [0.5, 0.6) is 0 Å². The van der Waals surface area contributed by atoms with Gasteiger partial charge in [0, 0.05) is 44.5 Å². The van der Waals surface area contributed by atoms with Crippen LogP contribution in [0.3, 0.4) is 0 Å². The van der Waals surface area contributed by atoms with E-state index < -0.39 is 4.92 Å². The molecule has 7 nitrogen and oxygen atoms in total. The van der Waals surface area contributed by atoms with Crippen LogP contribution in [0.1, 0.15) is 15.9 Å². The topological polar surface area (TPSA) is 75.9 Å². The molecule has 3 rings (SSSR count). The van der Waals surface area contributed by atoms with Gasteiger partial charge in [0.05, 0.1) is 28.7 Å². The van der Waals surface area contributed by atoms with Crippen molar-refractivity contribution in [3.8, 4) is 0 Å². The van der Waals surface area contributed by atoms with Gasteiger partial charge in [-0.1, -0.05) is 29.8 Å². The van der Waals surface area contributed by atoms with Crippen LogP contribution in [0.15, 0.2) is 42.5 Å². The Balaban J connectivity index is 1.78. The van der Waals surface area contributed by atoms with Crippen molar-refractivity contribution in [3.05, 3.63) is 68.7 Å². The number of amides is 1. The molecule has 0 aliphatic carbocycles. The summed E-state index contributed by atoms with van der Waals surface area (Å²) in [6, 6.07) is 11.8. The summed E-state index contributed by atoms with van der Waals surface area (Å²) >= 11 is 6.09. The minimum atomic E-state index is -0.539. The van der Waals surface area contributed by atoms with Crippen LogP contribution in [-0.2, 0) is 11.3 Å². The average Bonchev–Trinajstić information content (AvgIpc) is 2.68. The molecule has 0 bridgehead atoms. The Morgan fingerprint density at radius 3 is 2.63 bits per heavy atom. The Labute approximate surface area is 162 Å². The zero-order chi connectivity index (χ0) is 19.4. The molecule has 1 amide bonds. The van der Waals surface area contributed by atoms with Crippen LogP contribution < -0.4 is 4.90 Å². The number of hydrogen-bond donors (Lipinski definition) is 0. The minimum Gasteiger partial charge on any atom is -0.378 e. The minimum absolute atomic E-state index is 0.0718. The Morgan fingerprint density at radius 1 is 1.26 bits per heavy atom. The maximum Gasteiger partial charge on any atom is 0.270 e. The molecule has 2 aromatic carbocycles. The number of anilines is 1. The molecule has 1 saturated heterocycles. The molecule has 0 spiro atoms. The van der Waals surface area contributed by atoms with Crippen LogP contribution in [0.2, 0.25) is 5.02 Å². The number of benzene rings is 2. The molecule has 142 valence electrons. The molecule has 0 saturated carbocycles. The molecule has 27 heavy (non-hydrogen) atoms. The van der Waals surface area contributed by atoms with E-state index in [0.29, 0.717) is 19.8 Å². The highest BCUT2D eigenvalue weighted by molar-refractivity contribution is 6.34. The van der Waals surface area contributed by atoms with E-state index >= 15 is 0 Å². The number of carbonyl (C=O) groups is 1. The van der Waals surface area contributed by atoms with Crippen molar-refractivity contribution < 1.29 is 14.5 Å². The normalized spacial score (nSPS) is 14.1. The largest absolute Gasteiger partial charge is 0.378 e. The molecule has 1 fully saturated rings. The molecule has 0 unspecified atom stereocenters. The smallest absolute Gasteiger partial charge is 0.270 e. The molecule has 0 radical (unpaired) electrons. The van der Waals surface area contributed by atoms with E-state index in [1.165, 1.54) is 18.2 Å². The van der Waals surface area contributed by atoms with E-state index in [-0.39, 0.29) is 22.2 Å². The lowest BCUT2D eigenvalue weighted by Crippen LogP contribution is -2.37. The molecule has 8 heteroatoms. The molecule has 0 atom stereocenters. The van der Waals surface area contributed by atoms with E-state index in [4.69, 9.17) is 16.3 Å². The van der Waals surface area contributed by atoms with Crippen LogP contribution in [0.25, 0.3) is 0 Å². The molecule has 0 aromatic heterocycles. The predicted molar refractivity (Wildman–Crippen MR) is 103 cm³/mol. The number of para-hydroxylation sites is 1. The Bertz CT molecular complexity index is 853. The van der Waals surface area contributed by atoms with Gasteiger partial charge in [-0.05, 0) is 17.7 Å². The highest BCUT2D eigenvalue weighted by atomic mass is 35.5. The van der Waals surface area contributed by atoms with Gasteiger partial charge < -0.3 is 14.5 Å². The molecule has 0 N–H and O–H groups in total. The lowest BCUT2D eigenvalue weighted by atomic mass is 10.1. The number of rotatable bonds is 5. The third kappa shape index (κ3) is 4.37. The first-order chi connectivity index (χ1) is 13.0. The second kappa shape index (κ2) is 8.37. The van der Waals surface area contributed by atoms with Crippen molar-refractivity contribution in [2.24, 2.45) is 0 Å². The number of carbonyl (C=O) groups excluding carboxylic acids is 1. The fraction of sp³-hybridized carbons (Fsp3) is 0.316. The fourth-order valence-corrected chi connectivity index (χ4v) is 3.34. The quantitative estimate of drug-likeness (QED) is 0.579. The van der Waals surface area contributed by atoms with Gasteiger partial charge in [-0.25, -0.2) is 0 Å². The van der Waals surface area contributed by atoms with Crippen molar-refractivity contribution in [2.45, 2.75) is 6.54 Å². The zero-order valence-electron chi connectivity index (χ0n) is 14.9. The summed E-state index contributed by atoms with van der Waals surface area (Å²) in [5.74, 6) is -0.285. The fourth-order valence-electron chi connectivity index (χ4n) is 3.08. The number of nitro benzene ring substituents is 1. The Hall–Kier alpha value is -2.64. The summed E-state index contributed by atoms with van der Waals surface area (Å²) in [4.78, 5) is 26.9. The van der Waals surface area contributed by atoms with Crippen molar-refractivity contribution in [1.29, 1.82) is 0 Å². The number of nitrogens with zero attached hydrogens (tertiary/aromatic N) is 3. The van der Waals surface area contributed by atoms with Crippen LogP contribution in [-0.4, -0.2) is 49.1 Å². The van der Waals surface area contributed by atoms with Crippen molar-refractivity contribution in [3.63, 3.8) is 0 Å². The Morgan fingerprint density at radius 2 is 1.96 bits per heavy atom. The standard InChI is InChI=1S/C19H20ClN3O4/c1-21(19(24)16-7-6-15(23(25)26)12-17(16)20)13-14-4-2-3-5-18(14)22-8-10-27-11-9-22/h2-7,12H,8-11,13H2,1H3. The first-order valence-corrected chi connectivity index (χ1v) is 8.95. The van der Waals surface area contributed by atoms with Crippen molar-refractivity contribution >= 4 is 28.9 Å². The predicted octanol–water partition coefficient (Wildman–Crippen LogP) is 3.36. The number of morpholine rings is 1. The summed E-state index contributed by atoms with van der Waals surface area (Å²) in [7, 11) is 1.69. The summed E-state index contributed by atoms with van der Waals surface area (Å²) < 4.78 is 5.41. The molecule has 1 aliphatic heterocycles. The van der Waals surface area contributed by atoms with Crippen LogP contribution >= 0.6 is 11.6 Å². The lowest BCUT2D eigenvalue weighted by Gasteiger charge is -2.31. The second-order valence-electron chi connectivity index (χ2n) is 6.31. The van der Waals surface area contributed by atoms with Gasteiger partial charge in [-0.3, -0.25) is 14.9 Å². The van der Waals surface area contributed by atoms with Crippen LogP contribution in [0, 0.1) is 10.1 Å². The van der Waals surface area contributed by atoms with E-state index in [9.17, 15) is 14.9 Å². The van der Waals surface area contributed by atoms with Gasteiger partial charge in [-0.15, -0.1) is 0 Å². The zero-order valence-corrected chi connectivity index (χ0v) is 15.7. The van der Waals surface area contributed by atoms with Crippen LogP contribution in [0.4, 0.5) is 11.4 Å². The van der Waals surface area contributed by atoms with Crippen molar-refractivity contribution in [2.75, 3.05) is 38.3 Å². The lowest BCUT2D eigenvalue weighted by molar-refractivity contribution is -0.384. The first-order valence-electron chi connectivity index (χ1n) is 8.57. The summed E-state index contributed by atoms with van der Waals surface area (Å²) in [6.45, 7) is 3.38. The number of nitro groups is 1. The molecular weight excluding hydrogens is 370 g/mol. The van der Waals surface area contributed by atoms with E-state index in [2.05, 4.69) is 4.90 Å². The monoisotopic (exact) mass is 389 g/mol. The summed E-state index contributed by atoms with van der Waals surface area (Å²) in [5.41, 5.74) is 2.20. The highest BCUT2D eigenvalue weighted by Gasteiger charge is 2.20. The van der Waals surface area contributed by atoms with E-state index in [0.717, 1.165) is 24.3 Å². The number of non-ortho nitro benzene ring substituents is 1. The maximum atomic E-state index is 12.8. The highest BCUT2D eigenvalue weighted by Crippen LogP contribution is 2.26. The number of halogens is 1. The molecular formula is C19H20ClN3O4. The third-order valence-corrected chi connectivity index (χ3v) is 4.80. The third-order valence-electron chi connectivity index (χ3n) is 4.49. The first kappa shape index (κ1) is 19.1. The summed E-state index contributed by atoms with van der Waals surface area (Å²) in [6.07, 6.45) is 0. The van der Waals surface area contributed by atoms with Gasteiger partial charge in [0.2, 0.25) is 0 Å². The van der Waals surface area contributed by atoms with Gasteiger partial charge in [0.25, 0.3) is 11.6 Å². The van der Waals surface area contributed by atoms with E-state index in [1.54, 1.807) is 11.9 Å². The molecule has 2 aromatic rings. The van der Waals surface area contributed by atoms with E-state index in [1.807, 2.05) is 24.3 Å². The van der Waals surface area contributed by atoms with Crippen molar-refractivity contribution in [1.82, 2.24) is 4.90 Å².